The lowest BCUT2D eigenvalue weighted by Gasteiger charge is -2.36. The Morgan fingerprint density at radius 1 is 1.18 bits per heavy atom. The van der Waals surface area contributed by atoms with Crippen LogP contribution in [0, 0.1) is 5.41 Å². The molecule has 1 unspecified atom stereocenters. The molecule has 1 fully saturated rings. The van der Waals surface area contributed by atoms with Crippen molar-refractivity contribution in [1.29, 1.82) is 0 Å². The van der Waals surface area contributed by atoms with Gasteiger partial charge in [0, 0.05) is 0 Å². The molecule has 1 heterocycles. The van der Waals surface area contributed by atoms with E-state index in [1.807, 2.05) is 0 Å². The summed E-state index contributed by atoms with van der Waals surface area (Å²) in [7, 11) is -1.13. The Morgan fingerprint density at radius 2 is 1.55 bits per heavy atom. The van der Waals surface area contributed by atoms with Crippen molar-refractivity contribution in [3.63, 3.8) is 0 Å². The van der Waals surface area contributed by atoms with Gasteiger partial charge in [-0.15, -0.1) is 0 Å². The lowest BCUT2D eigenvalue weighted by Crippen LogP contribution is -2.50. The summed E-state index contributed by atoms with van der Waals surface area (Å²) in [5.41, 5.74) is 0.331. The van der Waals surface area contributed by atoms with Crippen LogP contribution in [0.4, 0.5) is 0 Å². The molecule has 0 aromatic rings. The van der Waals surface area contributed by atoms with Gasteiger partial charge >= 0.3 is 0 Å². The quantitative estimate of drug-likeness (QED) is 0.437. The molecule has 1 aliphatic heterocycles. The molecule has 0 saturated carbocycles. The number of rotatable bonds is 1. The number of hydrogen-bond donors (Lipinski definition) is 0. The van der Waals surface area contributed by atoms with Crippen molar-refractivity contribution >= 4 is 8.07 Å². The number of ether oxygens (including phenoxy) is 1. The molecule has 1 atom stereocenters. The lowest BCUT2D eigenvalue weighted by molar-refractivity contribution is 0.219. The monoisotopic (exact) mass is 172 g/mol. The minimum absolute atomic E-state index is 0.264. The van der Waals surface area contributed by atoms with Crippen LogP contribution in [0.3, 0.4) is 0 Å². The third-order valence-corrected chi connectivity index (χ3v) is 6.32. The van der Waals surface area contributed by atoms with E-state index >= 15 is 0 Å². The van der Waals surface area contributed by atoms with Gasteiger partial charge in [0.1, 0.15) is 0 Å². The number of hydrogen-bond acceptors (Lipinski definition) is 1. The zero-order chi connectivity index (χ0) is 8.91. The molecule has 0 amide bonds. The Hall–Kier alpha value is 0.177. The van der Waals surface area contributed by atoms with E-state index in [2.05, 4.69) is 40.4 Å². The molecule has 0 N–H and O–H groups in total. The first-order chi connectivity index (χ1) is 4.71. The molecule has 1 aliphatic rings. The molecule has 0 aromatic carbocycles. The lowest BCUT2D eigenvalue weighted by atomic mass is 9.92. The van der Waals surface area contributed by atoms with Crippen molar-refractivity contribution in [2.24, 2.45) is 5.41 Å². The summed E-state index contributed by atoms with van der Waals surface area (Å²) in [5.74, 6) is 0. The summed E-state index contributed by atoms with van der Waals surface area (Å²) in [6.45, 7) is 15.0. The van der Waals surface area contributed by atoms with Crippen molar-refractivity contribution in [2.75, 3.05) is 6.61 Å². The molecule has 0 spiro atoms. The zero-order valence-corrected chi connectivity index (χ0v) is 9.62. The third kappa shape index (κ3) is 1.27. The Kier molecular flexibility index (Phi) is 1.77. The van der Waals surface area contributed by atoms with E-state index in [4.69, 9.17) is 4.74 Å². The smallest absolute Gasteiger partial charge is 0.0861 e. The zero-order valence-electron chi connectivity index (χ0n) is 8.62. The molecule has 0 aliphatic carbocycles. The van der Waals surface area contributed by atoms with Crippen LogP contribution < -0.4 is 0 Å². The Morgan fingerprint density at radius 3 is 1.55 bits per heavy atom. The van der Waals surface area contributed by atoms with E-state index < -0.39 is 8.07 Å². The summed E-state index contributed by atoms with van der Waals surface area (Å²) >= 11 is 0. The Labute approximate surface area is 71.1 Å². The third-order valence-electron chi connectivity index (χ3n) is 2.86. The summed E-state index contributed by atoms with van der Waals surface area (Å²) in [4.78, 5) is 0. The SMILES string of the molecule is CC(C)(C)C1([Si](C)(C)C)CO1. The molecule has 0 aromatic heterocycles. The standard InChI is InChI=1S/C9H20OSi/c1-8(2,3)9(7-10-9)11(4,5)6/h7H2,1-6H3. The first kappa shape index (κ1) is 9.27. The van der Waals surface area contributed by atoms with Gasteiger partial charge in [-0.1, -0.05) is 40.4 Å². The highest BCUT2D eigenvalue weighted by Crippen LogP contribution is 2.50. The fourth-order valence-corrected chi connectivity index (χ4v) is 5.25. The van der Waals surface area contributed by atoms with Gasteiger partial charge in [-0.3, -0.25) is 0 Å². The van der Waals surface area contributed by atoms with Crippen LogP contribution in [-0.2, 0) is 4.74 Å². The maximum absolute atomic E-state index is 5.69. The summed E-state index contributed by atoms with van der Waals surface area (Å²) in [5, 5.41) is 0.264. The highest BCUT2D eigenvalue weighted by atomic mass is 28.3. The first-order valence-electron chi connectivity index (χ1n) is 4.35. The highest BCUT2D eigenvalue weighted by molar-refractivity contribution is 6.79. The summed E-state index contributed by atoms with van der Waals surface area (Å²) in [6, 6.07) is 0. The molecule has 1 saturated heterocycles. The van der Waals surface area contributed by atoms with Crippen molar-refractivity contribution in [3.05, 3.63) is 0 Å². The van der Waals surface area contributed by atoms with Crippen LogP contribution in [0.2, 0.25) is 19.6 Å². The van der Waals surface area contributed by atoms with Crippen LogP contribution in [0.1, 0.15) is 20.8 Å². The van der Waals surface area contributed by atoms with E-state index in [1.165, 1.54) is 0 Å². The van der Waals surface area contributed by atoms with Gasteiger partial charge in [0.2, 0.25) is 0 Å². The second kappa shape index (κ2) is 2.11. The minimum Gasteiger partial charge on any atom is -0.373 e. The van der Waals surface area contributed by atoms with Crippen LogP contribution in [0.15, 0.2) is 0 Å². The van der Waals surface area contributed by atoms with Crippen LogP contribution in [0.25, 0.3) is 0 Å². The average molecular weight is 172 g/mol. The fourth-order valence-electron chi connectivity index (χ4n) is 2.06. The second-order valence-corrected chi connectivity index (χ2v) is 10.9. The Balaban J connectivity index is 2.85. The molecule has 11 heavy (non-hydrogen) atoms. The second-order valence-electron chi connectivity index (χ2n) is 5.62. The van der Waals surface area contributed by atoms with E-state index in [9.17, 15) is 0 Å². The van der Waals surface area contributed by atoms with Crippen LogP contribution in [0.5, 0.6) is 0 Å². The topological polar surface area (TPSA) is 12.5 Å². The van der Waals surface area contributed by atoms with E-state index in [1.54, 1.807) is 0 Å². The molecule has 2 heteroatoms. The van der Waals surface area contributed by atoms with E-state index in [0.29, 0.717) is 5.41 Å². The Bertz CT molecular complexity index is 141. The molecule has 0 radical (unpaired) electrons. The van der Waals surface area contributed by atoms with E-state index in [0.717, 1.165) is 6.61 Å². The predicted molar refractivity (Wildman–Crippen MR) is 51.5 cm³/mol. The fraction of sp³-hybridized carbons (Fsp3) is 1.00. The maximum Gasteiger partial charge on any atom is 0.0861 e. The summed E-state index contributed by atoms with van der Waals surface area (Å²) < 4.78 is 5.69. The molecule has 1 nitrogen and oxygen atoms in total. The van der Waals surface area contributed by atoms with Crippen molar-refractivity contribution in [1.82, 2.24) is 0 Å². The normalized spacial score (nSPS) is 32.2. The molecular weight excluding hydrogens is 152 g/mol. The van der Waals surface area contributed by atoms with Gasteiger partial charge in [-0.2, -0.15) is 0 Å². The van der Waals surface area contributed by atoms with Crippen molar-refractivity contribution in [3.8, 4) is 0 Å². The highest BCUT2D eigenvalue weighted by Gasteiger charge is 2.62. The molecule has 1 rings (SSSR count). The molecule has 0 bridgehead atoms. The molecular formula is C9H20OSi. The largest absolute Gasteiger partial charge is 0.373 e. The summed E-state index contributed by atoms with van der Waals surface area (Å²) in [6.07, 6.45) is 0. The van der Waals surface area contributed by atoms with Crippen molar-refractivity contribution < 1.29 is 4.74 Å². The van der Waals surface area contributed by atoms with Gasteiger partial charge in [-0.05, 0) is 5.41 Å². The minimum atomic E-state index is -1.13. The van der Waals surface area contributed by atoms with Gasteiger partial charge < -0.3 is 4.74 Å². The first-order valence-corrected chi connectivity index (χ1v) is 7.85. The van der Waals surface area contributed by atoms with E-state index in [-0.39, 0.29) is 5.22 Å². The molecule has 66 valence electrons. The average Bonchev–Trinajstić information content (AvgIpc) is 2.31. The van der Waals surface area contributed by atoms with Crippen molar-refractivity contribution in [2.45, 2.75) is 45.6 Å². The number of epoxide rings is 1. The maximum atomic E-state index is 5.69. The predicted octanol–water partition coefficient (Wildman–Crippen LogP) is 2.68. The van der Waals surface area contributed by atoms with Gasteiger partial charge in [0.25, 0.3) is 0 Å². The van der Waals surface area contributed by atoms with Gasteiger partial charge in [-0.25, -0.2) is 0 Å². The van der Waals surface area contributed by atoms with Crippen LogP contribution >= 0.6 is 0 Å². The van der Waals surface area contributed by atoms with Crippen LogP contribution in [-0.4, -0.2) is 19.9 Å². The van der Waals surface area contributed by atoms with Gasteiger partial charge in [0.15, 0.2) is 0 Å². The van der Waals surface area contributed by atoms with Gasteiger partial charge in [0.05, 0.1) is 19.9 Å².